The van der Waals surface area contributed by atoms with Crippen LogP contribution in [0.4, 0.5) is 0 Å². The number of likely N-dealkylation sites (N-methyl/N-ethyl adjacent to an activating group) is 2. The lowest BCUT2D eigenvalue weighted by Crippen LogP contribution is -2.54. The van der Waals surface area contributed by atoms with E-state index >= 15 is 0 Å². The third kappa shape index (κ3) is 5.48. The van der Waals surface area contributed by atoms with Crippen LogP contribution in [0.1, 0.15) is 27.2 Å². The average molecular weight is 245 g/mol. The maximum atomic E-state index is 11.4. The van der Waals surface area contributed by atoms with Gasteiger partial charge in [0.1, 0.15) is 0 Å². The fraction of sp³-hybridized carbons (Fsp3) is 0.917. The molecule has 0 rings (SSSR count). The zero-order chi connectivity index (χ0) is 13.5. The van der Waals surface area contributed by atoms with Gasteiger partial charge in [0, 0.05) is 19.2 Å². The Morgan fingerprint density at radius 2 is 2.18 bits per heavy atom. The van der Waals surface area contributed by atoms with Gasteiger partial charge in [-0.2, -0.15) is 0 Å². The Labute approximate surface area is 105 Å². The van der Waals surface area contributed by atoms with Crippen molar-refractivity contribution in [3.63, 3.8) is 0 Å². The van der Waals surface area contributed by atoms with Gasteiger partial charge in [-0.1, -0.05) is 0 Å². The minimum absolute atomic E-state index is 0.264. The van der Waals surface area contributed by atoms with Crippen LogP contribution in [0, 0.1) is 0 Å². The highest BCUT2D eigenvalue weighted by Gasteiger charge is 2.31. The van der Waals surface area contributed by atoms with Crippen molar-refractivity contribution >= 4 is 5.91 Å². The highest BCUT2D eigenvalue weighted by molar-refractivity contribution is 5.84. The topological polar surface area (TPSA) is 67.6 Å². The molecular weight excluding hydrogens is 218 g/mol. The average Bonchev–Trinajstić information content (AvgIpc) is 2.28. The Morgan fingerprint density at radius 1 is 1.59 bits per heavy atom. The van der Waals surface area contributed by atoms with E-state index in [0.717, 1.165) is 13.2 Å². The van der Waals surface area contributed by atoms with Crippen LogP contribution in [0.5, 0.6) is 0 Å². The van der Waals surface area contributed by atoms with Crippen molar-refractivity contribution in [3.05, 3.63) is 0 Å². The van der Waals surface area contributed by atoms with Gasteiger partial charge in [-0.3, -0.25) is 4.79 Å². The summed E-state index contributed by atoms with van der Waals surface area (Å²) in [5, 5.41) is 3.00. The molecule has 102 valence electrons. The van der Waals surface area contributed by atoms with E-state index in [4.69, 9.17) is 10.5 Å². The second kappa shape index (κ2) is 7.63. The molecule has 2 unspecified atom stereocenters. The molecular formula is C12H27N3O2. The quantitative estimate of drug-likeness (QED) is 0.569. The van der Waals surface area contributed by atoms with Gasteiger partial charge in [0.05, 0.1) is 12.1 Å². The molecule has 0 spiro atoms. The number of carbonyl (C=O) groups excluding carboxylic acids is 1. The molecule has 0 bridgehead atoms. The minimum Gasteiger partial charge on any atom is -0.380 e. The summed E-state index contributed by atoms with van der Waals surface area (Å²) in [5.41, 5.74) is 4.75. The minimum atomic E-state index is -0.653. The molecule has 5 heteroatoms. The third-order valence-corrected chi connectivity index (χ3v) is 3.34. The predicted octanol–water partition coefficient (Wildman–Crippen LogP) is 0.197. The van der Waals surface area contributed by atoms with E-state index in [9.17, 15) is 4.79 Å². The number of ether oxygens (including phenoxy) is 1. The van der Waals surface area contributed by atoms with Crippen LogP contribution < -0.4 is 11.1 Å². The van der Waals surface area contributed by atoms with E-state index in [2.05, 4.69) is 17.1 Å². The molecule has 1 amide bonds. The first-order chi connectivity index (χ1) is 7.87. The Kier molecular flexibility index (Phi) is 7.34. The van der Waals surface area contributed by atoms with Gasteiger partial charge in [0.25, 0.3) is 0 Å². The zero-order valence-electron chi connectivity index (χ0n) is 11.7. The predicted molar refractivity (Wildman–Crippen MR) is 69.9 cm³/mol. The van der Waals surface area contributed by atoms with Crippen LogP contribution in [0.3, 0.4) is 0 Å². The van der Waals surface area contributed by atoms with E-state index in [1.165, 1.54) is 0 Å². The summed E-state index contributed by atoms with van der Waals surface area (Å²) < 4.78 is 5.31. The first-order valence-electron chi connectivity index (χ1n) is 6.14. The van der Waals surface area contributed by atoms with E-state index < -0.39 is 5.54 Å². The SMILES string of the molecule is CCOCCN(C)C(C)CC(C)(NC)C(N)=O. The molecule has 0 aliphatic carbocycles. The molecule has 17 heavy (non-hydrogen) atoms. The van der Waals surface area contributed by atoms with Gasteiger partial charge in [0.15, 0.2) is 0 Å². The van der Waals surface area contributed by atoms with E-state index in [1.54, 1.807) is 7.05 Å². The van der Waals surface area contributed by atoms with E-state index in [0.29, 0.717) is 13.0 Å². The van der Waals surface area contributed by atoms with Crippen molar-refractivity contribution in [2.24, 2.45) is 5.73 Å². The third-order valence-electron chi connectivity index (χ3n) is 3.34. The molecule has 3 N–H and O–H groups in total. The van der Waals surface area contributed by atoms with Gasteiger partial charge in [-0.05, 0) is 41.3 Å². The Bertz CT molecular complexity index is 236. The van der Waals surface area contributed by atoms with Crippen LogP contribution in [-0.4, -0.2) is 56.2 Å². The number of hydrogen-bond acceptors (Lipinski definition) is 4. The van der Waals surface area contributed by atoms with Crippen molar-refractivity contribution in [1.82, 2.24) is 10.2 Å². The van der Waals surface area contributed by atoms with E-state index in [-0.39, 0.29) is 11.9 Å². The summed E-state index contributed by atoms with van der Waals surface area (Å²) in [7, 11) is 3.79. The van der Waals surface area contributed by atoms with Crippen LogP contribution >= 0.6 is 0 Å². The first-order valence-corrected chi connectivity index (χ1v) is 6.14. The molecule has 0 aromatic carbocycles. The maximum absolute atomic E-state index is 11.4. The molecule has 5 nitrogen and oxygen atoms in total. The lowest BCUT2D eigenvalue weighted by atomic mass is 9.92. The van der Waals surface area contributed by atoms with E-state index in [1.807, 2.05) is 20.9 Å². The van der Waals surface area contributed by atoms with Gasteiger partial charge in [-0.25, -0.2) is 0 Å². The summed E-state index contributed by atoms with van der Waals surface area (Å²) in [6.07, 6.45) is 0.682. The normalized spacial score (nSPS) is 16.8. The van der Waals surface area contributed by atoms with Gasteiger partial charge < -0.3 is 20.7 Å². The lowest BCUT2D eigenvalue weighted by molar-refractivity contribution is -0.124. The fourth-order valence-electron chi connectivity index (χ4n) is 1.65. The van der Waals surface area contributed by atoms with Crippen LogP contribution in [-0.2, 0) is 9.53 Å². The molecule has 0 aromatic heterocycles. The number of nitrogens with one attached hydrogen (secondary N) is 1. The fourth-order valence-corrected chi connectivity index (χ4v) is 1.65. The Balaban J connectivity index is 4.21. The van der Waals surface area contributed by atoms with Crippen molar-refractivity contribution in [3.8, 4) is 0 Å². The number of rotatable bonds is 9. The van der Waals surface area contributed by atoms with Crippen LogP contribution in [0.25, 0.3) is 0 Å². The van der Waals surface area contributed by atoms with Crippen molar-refractivity contribution in [1.29, 1.82) is 0 Å². The maximum Gasteiger partial charge on any atom is 0.237 e. The molecule has 0 heterocycles. The molecule has 0 aliphatic heterocycles. The molecule has 0 aromatic rings. The Morgan fingerprint density at radius 3 is 2.59 bits per heavy atom. The molecule has 2 atom stereocenters. The number of nitrogens with two attached hydrogens (primary N) is 1. The number of amides is 1. The van der Waals surface area contributed by atoms with Gasteiger partial charge >= 0.3 is 0 Å². The summed E-state index contributed by atoms with van der Waals surface area (Å²) in [6.45, 7) is 8.21. The monoisotopic (exact) mass is 245 g/mol. The van der Waals surface area contributed by atoms with Crippen LogP contribution in [0.2, 0.25) is 0 Å². The summed E-state index contributed by atoms with van der Waals surface area (Å²) in [4.78, 5) is 13.6. The molecule has 0 fully saturated rings. The number of nitrogens with zero attached hydrogens (tertiary/aromatic N) is 1. The van der Waals surface area contributed by atoms with Crippen molar-refractivity contribution in [2.45, 2.75) is 38.8 Å². The van der Waals surface area contributed by atoms with Gasteiger partial charge in [0.2, 0.25) is 5.91 Å². The number of hydrogen-bond donors (Lipinski definition) is 2. The smallest absolute Gasteiger partial charge is 0.237 e. The summed E-state index contributed by atoms with van der Waals surface area (Å²) in [5.74, 6) is -0.315. The standard InChI is InChI=1S/C12H27N3O2/c1-6-17-8-7-15(5)10(2)9-12(3,14-4)11(13)16/h10,14H,6-9H2,1-5H3,(H2,13,16). The highest BCUT2D eigenvalue weighted by Crippen LogP contribution is 2.14. The summed E-state index contributed by atoms with van der Waals surface area (Å²) >= 11 is 0. The molecule has 0 aliphatic rings. The lowest BCUT2D eigenvalue weighted by Gasteiger charge is -2.33. The first kappa shape index (κ1) is 16.4. The van der Waals surface area contributed by atoms with Crippen molar-refractivity contribution < 1.29 is 9.53 Å². The largest absolute Gasteiger partial charge is 0.380 e. The molecule has 0 radical (unpaired) electrons. The number of primary amides is 1. The molecule has 0 saturated carbocycles. The number of carbonyl (C=O) groups is 1. The van der Waals surface area contributed by atoms with Crippen LogP contribution in [0.15, 0.2) is 0 Å². The Hall–Kier alpha value is -0.650. The van der Waals surface area contributed by atoms with Gasteiger partial charge in [-0.15, -0.1) is 0 Å². The second-order valence-corrected chi connectivity index (χ2v) is 4.68. The highest BCUT2D eigenvalue weighted by atomic mass is 16.5. The summed E-state index contributed by atoms with van der Waals surface area (Å²) in [6, 6.07) is 0.264. The molecule has 0 saturated heterocycles. The second-order valence-electron chi connectivity index (χ2n) is 4.68. The van der Waals surface area contributed by atoms with Crippen molar-refractivity contribution in [2.75, 3.05) is 33.9 Å². The zero-order valence-corrected chi connectivity index (χ0v) is 11.7.